The summed E-state index contributed by atoms with van der Waals surface area (Å²) in [6.45, 7) is 7.71. The van der Waals surface area contributed by atoms with Crippen molar-refractivity contribution in [2.75, 3.05) is 26.2 Å². The van der Waals surface area contributed by atoms with Gasteiger partial charge in [0, 0.05) is 43.5 Å². The molecule has 2 aromatic rings. The van der Waals surface area contributed by atoms with E-state index in [1.54, 1.807) is 0 Å². The second kappa shape index (κ2) is 9.74. The van der Waals surface area contributed by atoms with E-state index in [9.17, 15) is 4.79 Å². The Bertz CT molecular complexity index is 851. The molecule has 160 valence electrons. The predicted molar refractivity (Wildman–Crippen MR) is 122 cm³/mol. The van der Waals surface area contributed by atoms with Crippen LogP contribution in [0.3, 0.4) is 0 Å². The zero-order chi connectivity index (χ0) is 20.9. The molecule has 2 aliphatic heterocycles. The Morgan fingerprint density at radius 2 is 2.00 bits per heavy atom. The van der Waals surface area contributed by atoms with Crippen molar-refractivity contribution in [2.24, 2.45) is 11.8 Å². The van der Waals surface area contributed by atoms with Gasteiger partial charge in [-0.15, -0.1) is 0 Å². The summed E-state index contributed by atoms with van der Waals surface area (Å²) in [7, 11) is 0. The van der Waals surface area contributed by atoms with Crippen LogP contribution in [-0.4, -0.2) is 42.0 Å². The molecule has 0 saturated carbocycles. The molecular formula is C26H35N3O. The fraction of sp³-hybridized carbons (Fsp3) is 0.538. The number of piperidine rings is 1. The number of nitrogens with zero attached hydrogens (tertiary/aromatic N) is 2. The second-order valence-corrected chi connectivity index (χ2v) is 9.09. The number of hydrogen-bond acceptors (Lipinski definition) is 3. The van der Waals surface area contributed by atoms with Gasteiger partial charge in [0.05, 0.1) is 5.92 Å². The molecule has 1 aromatic heterocycles. The highest BCUT2D eigenvalue weighted by molar-refractivity contribution is 5.81. The van der Waals surface area contributed by atoms with Crippen LogP contribution in [0.5, 0.6) is 0 Å². The smallest absolute Gasteiger partial charge is 0.227 e. The Kier molecular flexibility index (Phi) is 6.83. The van der Waals surface area contributed by atoms with Crippen molar-refractivity contribution < 1.29 is 4.79 Å². The third-order valence-electron chi connectivity index (χ3n) is 6.76. The van der Waals surface area contributed by atoms with Gasteiger partial charge >= 0.3 is 0 Å². The second-order valence-electron chi connectivity index (χ2n) is 9.09. The maximum absolute atomic E-state index is 13.6. The minimum absolute atomic E-state index is 0.0283. The Balaban J connectivity index is 1.47. The Morgan fingerprint density at radius 3 is 2.80 bits per heavy atom. The maximum Gasteiger partial charge on any atom is 0.227 e. The van der Waals surface area contributed by atoms with E-state index in [1.165, 1.54) is 23.2 Å². The first kappa shape index (κ1) is 21.0. The predicted octanol–water partition coefficient (Wildman–Crippen LogP) is 4.13. The van der Waals surface area contributed by atoms with Gasteiger partial charge in [0.25, 0.3) is 0 Å². The number of aromatic nitrogens is 1. The van der Waals surface area contributed by atoms with Gasteiger partial charge in [-0.25, -0.2) is 0 Å². The standard InChI is InChI=1S/C26H35N3O/c1-3-8-25-22(13-12-19(2)28-25)23-16-27-17-24(23)26(30)29-14-7-11-21(18-29)15-20-9-5-4-6-10-20/h4-6,9-10,12-13,21,23-24,27H,3,7-8,11,14-18H2,1-2H3. The molecule has 30 heavy (non-hydrogen) atoms. The lowest BCUT2D eigenvalue weighted by Gasteiger charge is -2.35. The van der Waals surface area contributed by atoms with E-state index >= 15 is 0 Å². The minimum atomic E-state index is 0.0283. The number of amides is 1. The number of nitrogens with one attached hydrogen (secondary N) is 1. The normalized spacial score (nSPS) is 24.2. The van der Waals surface area contributed by atoms with Gasteiger partial charge in [0.15, 0.2) is 0 Å². The van der Waals surface area contributed by atoms with Gasteiger partial charge in [0.2, 0.25) is 5.91 Å². The van der Waals surface area contributed by atoms with E-state index in [2.05, 4.69) is 66.5 Å². The summed E-state index contributed by atoms with van der Waals surface area (Å²) in [6.07, 6.45) is 5.46. The molecule has 1 N–H and O–H groups in total. The number of aryl methyl sites for hydroxylation is 2. The lowest BCUT2D eigenvalue weighted by molar-refractivity contribution is -0.137. The summed E-state index contributed by atoms with van der Waals surface area (Å²) < 4.78 is 0. The van der Waals surface area contributed by atoms with Gasteiger partial charge in [-0.3, -0.25) is 9.78 Å². The zero-order valence-electron chi connectivity index (χ0n) is 18.4. The Morgan fingerprint density at radius 1 is 1.17 bits per heavy atom. The molecule has 4 rings (SSSR count). The fourth-order valence-corrected chi connectivity index (χ4v) is 5.27. The van der Waals surface area contributed by atoms with Crippen LogP contribution >= 0.6 is 0 Å². The summed E-state index contributed by atoms with van der Waals surface area (Å²) >= 11 is 0. The average molecular weight is 406 g/mol. The third-order valence-corrected chi connectivity index (χ3v) is 6.76. The number of hydrogen-bond donors (Lipinski definition) is 1. The largest absolute Gasteiger partial charge is 0.342 e. The monoisotopic (exact) mass is 405 g/mol. The first-order valence-electron chi connectivity index (χ1n) is 11.7. The van der Waals surface area contributed by atoms with Crippen molar-refractivity contribution in [3.63, 3.8) is 0 Å². The summed E-state index contributed by atoms with van der Waals surface area (Å²) in [6, 6.07) is 15.0. The van der Waals surface area contributed by atoms with Crippen molar-refractivity contribution in [3.05, 3.63) is 65.0 Å². The first-order valence-corrected chi connectivity index (χ1v) is 11.7. The van der Waals surface area contributed by atoms with E-state index in [4.69, 9.17) is 4.98 Å². The van der Waals surface area contributed by atoms with Gasteiger partial charge in [-0.1, -0.05) is 49.7 Å². The first-order chi connectivity index (χ1) is 14.7. The van der Waals surface area contributed by atoms with E-state index in [0.29, 0.717) is 11.8 Å². The van der Waals surface area contributed by atoms with Crippen LogP contribution in [0.4, 0.5) is 0 Å². The zero-order valence-corrected chi connectivity index (χ0v) is 18.4. The average Bonchev–Trinajstić information content (AvgIpc) is 3.24. The highest BCUT2D eigenvalue weighted by Crippen LogP contribution is 2.33. The lowest BCUT2D eigenvalue weighted by Crippen LogP contribution is -2.45. The molecule has 0 bridgehead atoms. The fourth-order valence-electron chi connectivity index (χ4n) is 5.27. The minimum Gasteiger partial charge on any atom is -0.342 e. The highest BCUT2D eigenvalue weighted by Gasteiger charge is 2.38. The molecule has 1 aromatic carbocycles. The molecule has 0 spiro atoms. The van der Waals surface area contributed by atoms with Crippen LogP contribution in [0.25, 0.3) is 0 Å². The van der Waals surface area contributed by atoms with Crippen LogP contribution < -0.4 is 5.32 Å². The van der Waals surface area contributed by atoms with Crippen LogP contribution in [0.15, 0.2) is 42.5 Å². The molecule has 4 heteroatoms. The number of carbonyl (C=O) groups is 1. The lowest BCUT2D eigenvalue weighted by atomic mass is 9.84. The number of benzene rings is 1. The van der Waals surface area contributed by atoms with Crippen molar-refractivity contribution >= 4 is 5.91 Å². The molecule has 2 saturated heterocycles. The highest BCUT2D eigenvalue weighted by atomic mass is 16.2. The van der Waals surface area contributed by atoms with Crippen molar-refractivity contribution in [2.45, 2.75) is 51.9 Å². The van der Waals surface area contributed by atoms with E-state index in [1.807, 2.05) is 0 Å². The SMILES string of the molecule is CCCc1nc(C)ccc1C1CNCC1C(=O)N1CCCC(Cc2ccccc2)C1. The maximum atomic E-state index is 13.6. The number of likely N-dealkylation sites (tertiary alicyclic amines) is 1. The summed E-state index contributed by atoms with van der Waals surface area (Å²) in [5, 5.41) is 3.50. The quantitative estimate of drug-likeness (QED) is 0.786. The summed E-state index contributed by atoms with van der Waals surface area (Å²) in [5.41, 5.74) is 4.91. The van der Waals surface area contributed by atoms with Gasteiger partial charge < -0.3 is 10.2 Å². The van der Waals surface area contributed by atoms with Crippen LogP contribution in [0, 0.1) is 18.8 Å². The van der Waals surface area contributed by atoms with Gasteiger partial charge in [0.1, 0.15) is 0 Å². The summed E-state index contributed by atoms with van der Waals surface area (Å²) in [4.78, 5) is 20.6. The molecular weight excluding hydrogens is 370 g/mol. The molecule has 2 fully saturated rings. The van der Waals surface area contributed by atoms with Crippen molar-refractivity contribution in [1.82, 2.24) is 15.2 Å². The molecule has 1 amide bonds. The summed E-state index contributed by atoms with van der Waals surface area (Å²) in [5.74, 6) is 1.17. The number of pyridine rings is 1. The molecule has 3 unspecified atom stereocenters. The Labute approximate surface area is 181 Å². The van der Waals surface area contributed by atoms with E-state index in [0.717, 1.165) is 57.6 Å². The van der Waals surface area contributed by atoms with Crippen LogP contribution in [0.1, 0.15) is 54.6 Å². The van der Waals surface area contributed by atoms with Crippen molar-refractivity contribution in [3.8, 4) is 0 Å². The topological polar surface area (TPSA) is 45.2 Å². The van der Waals surface area contributed by atoms with E-state index in [-0.39, 0.29) is 11.8 Å². The molecule has 2 aliphatic rings. The van der Waals surface area contributed by atoms with E-state index < -0.39 is 0 Å². The Hall–Kier alpha value is -2.20. The number of carbonyl (C=O) groups excluding carboxylic acids is 1. The molecule has 4 nitrogen and oxygen atoms in total. The molecule has 0 aliphatic carbocycles. The van der Waals surface area contributed by atoms with Crippen LogP contribution in [-0.2, 0) is 17.6 Å². The van der Waals surface area contributed by atoms with Gasteiger partial charge in [-0.05, 0) is 55.7 Å². The van der Waals surface area contributed by atoms with Crippen molar-refractivity contribution in [1.29, 1.82) is 0 Å². The molecule has 3 atom stereocenters. The number of rotatable bonds is 6. The van der Waals surface area contributed by atoms with Gasteiger partial charge in [-0.2, -0.15) is 0 Å². The molecule has 0 radical (unpaired) electrons. The third kappa shape index (κ3) is 4.75. The molecule has 3 heterocycles. The van der Waals surface area contributed by atoms with Crippen LogP contribution in [0.2, 0.25) is 0 Å².